The van der Waals surface area contributed by atoms with Gasteiger partial charge < -0.3 is 5.32 Å². The van der Waals surface area contributed by atoms with Gasteiger partial charge >= 0.3 is 0 Å². The van der Waals surface area contributed by atoms with Crippen molar-refractivity contribution in [3.05, 3.63) is 53.9 Å². The van der Waals surface area contributed by atoms with E-state index < -0.39 is 0 Å². The fraction of sp³-hybridized carbons (Fsp3) is 0.400. The highest BCUT2D eigenvalue weighted by Gasteiger charge is 2.10. The predicted molar refractivity (Wildman–Crippen MR) is 74.4 cm³/mol. The van der Waals surface area contributed by atoms with E-state index in [0.717, 1.165) is 19.4 Å². The van der Waals surface area contributed by atoms with Gasteiger partial charge in [0.1, 0.15) is 0 Å². The van der Waals surface area contributed by atoms with Crippen LogP contribution in [0, 0.1) is 0 Å². The van der Waals surface area contributed by atoms with Crippen LogP contribution in [0.25, 0.3) is 0 Å². The van der Waals surface area contributed by atoms with Gasteiger partial charge in [-0.15, -0.1) is 0 Å². The summed E-state index contributed by atoms with van der Waals surface area (Å²) in [6.07, 6.45) is 6.20. The SMILES string of the molecule is CCNC(CCc1cnn(C)c1)c1ccccc1. The first-order valence-corrected chi connectivity index (χ1v) is 6.55. The Bertz CT molecular complexity index is 462. The molecule has 0 aliphatic rings. The van der Waals surface area contributed by atoms with Crippen molar-refractivity contribution in [1.82, 2.24) is 15.1 Å². The zero-order valence-corrected chi connectivity index (χ0v) is 11.1. The standard InChI is InChI=1S/C15H21N3/c1-3-16-15(14-7-5-4-6-8-14)10-9-13-11-17-18(2)12-13/h4-8,11-12,15-16H,3,9-10H2,1-2H3. The summed E-state index contributed by atoms with van der Waals surface area (Å²) in [6, 6.07) is 11.1. The van der Waals surface area contributed by atoms with Crippen LogP contribution in [-0.2, 0) is 13.5 Å². The van der Waals surface area contributed by atoms with Crippen molar-refractivity contribution >= 4 is 0 Å². The van der Waals surface area contributed by atoms with Gasteiger partial charge in [0.05, 0.1) is 6.20 Å². The maximum absolute atomic E-state index is 4.21. The molecule has 1 atom stereocenters. The molecule has 2 rings (SSSR count). The molecule has 1 aromatic carbocycles. The predicted octanol–water partition coefficient (Wildman–Crippen LogP) is 2.70. The van der Waals surface area contributed by atoms with Gasteiger partial charge in [-0.1, -0.05) is 37.3 Å². The van der Waals surface area contributed by atoms with Gasteiger partial charge in [-0.3, -0.25) is 4.68 Å². The molecule has 0 spiro atoms. The Morgan fingerprint density at radius 1 is 1.28 bits per heavy atom. The number of hydrogen-bond donors (Lipinski definition) is 1. The Kier molecular flexibility index (Phi) is 4.53. The molecule has 0 radical (unpaired) electrons. The summed E-state index contributed by atoms with van der Waals surface area (Å²) in [5.41, 5.74) is 2.67. The average molecular weight is 243 g/mol. The molecule has 0 saturated heterocycles. The van der Waals surface area contributed by atoms with Crippen LogP contribution in [0.3, 0.4) is 0 Å². The van der Waals surface area contributed by atoms with Crippen LogP contribution in [0.5, 0.6) is 0 Å². The van der Waals surface area contributed by atoms with Crippen LogP contribution in [0.4, 0.5) is 0 Å². The summed E-state index contributed by atoms with van der Waals surface area (Å²) in [5.74, 6) is 0. The maximum atomic E-state index is 4.21. The van der Waals surface area contributed by atoms with E-state index in [-0.39, 0.29) is 0 Å². The number of rotatable bonds is 6. The molecule has 0 amide bonds. The molecule has 0 bridgehead atoms. The van der Waals surface area contributed by atoms with Crippen LogP contribution < -0.4 is 5.32 Å². The van der Waals surface area contributed by atoms with Crippen LogP contribution >= 0.6 is 0 Å². The van der Waals surface area contributed by atoms with Gasteiger partial charge in [0.25, 0.3) is 0 Å². The average Bonchev–Trinajstić information content (AvgIpc) is 2.81. The molecule has 18 heavy (non-hydrogen) atoms. The molecule has 0 saturated carbocycles. The lowest BCUT2D eigenvalue weighted by atomic mass is 10.0. The zero-order chi connectivity index (χ0) is 12.8. The number of benzene rings is 1. The van der Waals surface area contributed by atoms with Gasteiger partial charge in [0.2, 0.25) is 0 Å². The summed E-state index contributed by atoms with van der Waals surface area (Å²) < 4.78 is 1.86. The van der Waals surface area contributed by atoms with E-state index in [0.29, 0.717) is 6.04 Å². The number of aromatic nitrogens is 2. The van der Waals surface area contributed by atoms with Crippen molar-refractivity contribution in [2.24, 2.45) is 7.05 Å². The van der Waals surface area contributed by atoms with Crippen molar-refractivity contribution in [3.63, 3.8) is 0 Å². The van der Waals surface area contributed by atoms with Crippen LogP contribution in [0.2, 0.25) is 0 Å². The number of nitrogens with zero attached hydrogens (tertiary/aromatic N) is 2. The van der Waals surface area contributed by atoms with Gasteiger partial charge in [-0.05, 0) is 30.5 Å². The molecular weight excluding hydrogens is 222 g/mol. The number of hydrogen-bond acceptors (Lipinski definition) is 2. The summed E-state index contributed by atoms with van der Waals surface area (Å²) in [6.45, 7) is 3.15. The van der Waals surface area contributed by atoms with Gasteiger partial charge in [-0.2, -0.15) is 5.10 Å². The highest BCUT2D eigenvalue weighted by molar-refractivity contribution is 5.19. The Balaban J connectivity index is 1.98. The van der Waals surface area contributed by atoms with E-state index in [9.17, 15) is 0 Å². The molecule has 1 aromatic heterocycles. The summed E-state index contributed by atoms with van der Waals surface area (Å²) in [5, 5.41) is 7.76. The third-order valence-corrected chi connectivity index (χ3v) is 3.13. The Hall–Kier alpha value is -1.61. The molecule has 1 heterocycles. The molecule has 0 fully saturated rings. The molecule has 1 unspecified atom stereocenters. The van der Waals surface area contributed by atoms with E-state index >= 15 is 0 Å². The van der Waals surface area contributed by atoms with Gasteiger partial charge in [-0.25, -0.2) is 0 Å². The zero-order valence-electron chi connectivity index (χ0n) is 11.1. The minimum atomic E-state index is 0.427. The lowest BCUT2D eigenvalue weighted by Gasteiger charge is -2.17. The fourth-order valence-corrected chi connectivity index (χ4v) is 2.23. The highest BCUT2D eigenvalue weighted by atomic mass is 15.2. The van der Waals surface area contributed by atoms with E-state index in [1.807, 2.05) is 17.9 Å². The lowest BCUT2D eigenvalue weighted by Crippen LogP contribution is -2.21. The third-order valence-electron chi connectivity index (χ3n) is 3.13. The van der Waals surface area contributed by atoms with Crippen molar-refractivity contribution in [2.75, 3.05) is 6.54 Å². The second-order valence-electron chi connectivity index (χ2n) is 4.58. The number of nitrogens with one attached hydrogen (secondary N) is 1. The molecular formula is C15H21N3. The third kappa shape index (κ3) is 3.44. The van der Waals surface area contributed by atoms with Crippen molar-refractivity contribution in [2.45, 2.75) is 25.8 Å². The number of aryl methyl sites for hydroxylation is 2. The molecule has 0 aliphatic heterocycles. The summed E-state index contributed by atoms with van der Waals surface area (Å²) in [4.78, 5) is 0. The topological polar surface area (TPSA) is 29.9 Å². The molecule has 0 aliphatic carbocycles. The maximum Gasteiger partial charge on any atom is 0.0521 e. The normalized spacial score (nSPS) is 12.6. The molecule has 3 heteroatoms. The Morgan fingerprint density at radius 3 is 2.67 bits per heavy atom. The fourth-order valence-electron chi connectivity index (χ4n) is 2.23. The van der Waals surface area contributed by atoms with E-state index in [2.05, 4.69) is 53.9 Å². The lowest BCUT2D eigenvalue weighted by molar-refractivity contribution is 0.515. The quantitative estimate of drug-likeness (QED) is 0.845. The Labute approximate surface area is 109 Å². The smallest absolute Gasteiger partial charge is 0.0521 e. The second-order valence-corrected chi connectivity index (χ2v) is 4.58. The minimum absolute atomic E-state index is 0.427. The monoisotopic (exact) mass is 243 g/mol. The van der Waals surface area contributed by atoms with Gasteiger partial charge in [0.15, 0.2) is 0 Å². The van der Waals surface area contributed by atoms with E-state index in [4.69, 9.17) is 0 Å². The largest absolute Gasteiger partial charge is 0.310 e. The van der Waals surface area contributed by atoms with E-state index in [1.165, 1.54) is 11.1 Å². The minimum Gasteiger partial charge on any atom is -0.310 e. The summed E-state index contributed by atoms with van der Waals surface area (Å²) >= 11 is 0. The molecule has 96 valence electrons. The first-order valence-electron chi connectivity index (χ1n) is 6.55. The highest BCUT2D eigenvalue weighted by Crippen LogP contribution is 2.18. The molecule has 1 N–H and O–H groups in total. The molecule has 2 aromatic rings. The first kappa shape index (κ1) is 12.8. The van der Waals surface area contributed by atoms with Crippen molar-refractivity contribution in [3.8, 4) is 0 Å². The van der Waals surface area contributed by atoms with Gasteiger partial charge in [0, 0.05) is 19.3 Å². The van der Waals surface area contributed by atoms with Crippen LogP contribution in [0.15, 0.2) is 42.7 Å². The summed E-state index contributed by atoms with van der Waals surface area (Å²) in [7, 11) is 1.96. The van der Waals surface area contributed by atoms with Crippen molar-refractivity contribution in [1.29, 1.82) is 0 Å². The molecule has 3 nitrogen and oxygen atoms in total. The second kappa shape index (κ2) is 6.36. The van der Waals surface area contributed by atoms with Crippen LogP contribution in [0.1, 0.15) is 30.5 Å². The Morgan fingerprint density at radius 2 is 2.06 bits per heavy atom. The first-order chi connectivity index (χ1) is 8.79. The van der Waals surface area contributed by atoms with Crippen molar-refractivity contribution < 1.29 is 0 Å². The van der Waals surface area contributed by atoms with Crippen LogP contribution in [-0.4, -0.2) is 16.3 Å². The van der Waals surface area contributed by atoms with E-state index in [1.54, 1.807) is 0 Å².